The number of carbonyl (C=O) groups is 1. The largest absolute Gasteiger partial charge is 0.492 e. The van der Waals surface area contributed by atoms with Crippen LogP contribution in [0.4, 0.5) is 0 Å². The van der Waals surface area contributed by atoms with Gasteiger partial charge in [0.1, 0.15) is 24.2 Å². The van der Waals surface area contributed by atoms with Crippen molar-refractivity contribution in [2.24, 2.45) is 0 Å². The van der Waals surface area contributed by atoms with Gasteiger partial charge in [0.25, 0.3) is 5.91 Å². The van der Waals surface area contributed by atoms with Crippen molar-refractivity contribution in [3.63, 3.8) is 0 Å². The summed E-state index contributed by atoms with van der Waals surface area (Å²) >= 11 is 0. The number of ether oxygens (including phenoxy) is 2. The Hall–Kier alpha value is -1.67. The fourth-order valence-corrected chi connectivity index (χ4v) is 2.83. The van der Waals surface area contributed by atoms with E-state index in [2.05, 4.69) is 0 Å². The van der Waals surface area contributed by atoms with Crippen molar-refractivity contribution in [2.75, 3.05) is 20.3 Å². The SMILES string of the molecule is COC1(C(O)N2CCOc3cc(C(=O)NO)ccc3C2)CC1. The van der Waals surface area contributed by atoms with E-state index in [0.717, 1.165) is 18.4 Å². The lowest BCUT2D eigenvalue weighted by Gasteiger charge is -2.31. The van der Waals surface area contributed by atoms with E-state index in [4.69, 9.17) is 14.7 Å². The molecule has 1 heterocycles. The Morgan fingerprint density at radius 2 is 2.27 bits per heavy atom. The van der Waals surface area contributed by atoms with Gasteiger partial charge < -0.3 is 14.6 Å². The lowest BCUT2D eigenvalue weighted by atomic mass is 10.1. The molecule has 120 valence electrons. The standard InChI is InChI=1S/C15H20N2O5/c1-21-15(4-5-15)14(19)17-6-7-22-12-8-10(13(18)16-20)2-3-11(12)9-17/h2-3,8,14,19-20H,4-7,9H2,1H3,(H,16,18). The van der Waals surface area contributed by atoms with Crippen LogP contribution >= 0.6 is 0 Å². The molecule has 7 heteroatoms. The molecular formula is C15H20N2O5. The Labute approximate surface area is 128 Å². The highest BCUT2D eigenvalue weighted by Crippen LogP contribution is 2.44. The maximum absolute atomic E-state index is 11.5. The number of nitrogens with one attached hydrogen (secondary N) is 1. The molecule has 1 aliphatic carbocycles. The predicted molar refractivity (Wildman–Crippen MR) is 76.6 cm³/mol. The maximum Gasteiger partial charge on any atom is 0.274 e. The molecule has 1 fully saturated rings. The second-order valence-corrected chi connectivity index (χ2v) is 5.72. The van der Waals surface area contributed by atoms with E-state index in [0.29, 0.717) is 31.0 Å². The van der Waals surface area contributed by atoms with Crippen molar-refractivity contribution in [3.05, 3.63) is 29.3 Å². The number of amides is 1. The number of benzene rings is 1. The third-order valence-corrected chi connectivity index (χ3v) is 4.41. The smallest absolute Gasteiger partial charge is 0.274 e. The molecule has 2 aliphatic rings. The highest BCUT2D eigenvalue weighted by atomic mass is 16.5. The summed E-state index contributed by atoms with van der Waals surface area (Å²) in [4.78, 5) is 13.4. The summed E-state index contributed by atoms with van der Waals surface area (Å²) in [5.74, 6) is 0.0157. The molecule has 22 heavy (non-hydrogen) atoms. The van der Waals surface area contributed by atoms with E-state index in [1.54, 1.807) is 30.8 Å². The Balaban J connectivity index is 1.80. The molecule has 7 nitrogen and oxygen atoms in total. The van der Waals surface area contributed by atoms with Gasteiger partial charge in [-0.15, -0.1) is 0 Å². The number of hydroxylamine groups is 1. The van der Waals surface area contributed by atoms with Gasteiger partial charge in [0.15, 0.2) is 0 Å². The molecule has 0 saturated heterocycles. The second-order valence-electron chi connectivity index (χ2n) is 5.72. The first-order valence-electron chi connectivity index (χ1n) is 7.27. The van der Waals surface area contributed by atoms with Gasteiger partial charge in [-0.05, 0) is 25.0 Å². The van der Waals surface area contributed by atoms with Gasteiger partial charge in [-0.25, -0.2) is 5.48 Å². The third kappa shape index (κ3) is 2.68. The Kier molecular flexibility index (Phi) is 4.05. The zero-order valence-electron chi connectivity index (χ0n) is 12.4. The van der Waals surface area contributed by atoms with Crippen LogP contribution in [0.3, 0.4) is 0 Å². The summed E-state index contributed by atoms with van der Waals surface area (Å²) in [6.07, 6.45) is 1.03. The van der Waals surface area contributed by atoms with Crippen LogP contribution < -0.4 is 10.2 Å². The molecule has 3 rings (SSSR count). The Morgan fingerprint density at radius 3 is 2.91 bits per heavy atom. The van der Waals surface area contributed by atoms with Gasteiger partial charge in [-0.1, -0.05) is 6.07 Å². The summed E-state index contributed by atoms with van der Waals surface area (Å²) in [7, 11) is 1.62. The number of hydrogen-bond acceptors (Lipinski definition) is 6. The van der Waals surface area contributed by atoms with E-state index in [-0.39, 0.29) is 0 Å². The number of rotatable bonds is 4. The van der Waals surface area contributed by atoms with Gasteiger partial charge in [-0.3, -0.25) is 14.9 Å². The summed E-state index contributed by atoms with van der Waals surface area (Å²) in [6.45, 7) is 1.50. The van der Waals surface area contributed by atoms with Crippen LogP contribution in [0.15, 0.2) is 18.2 Å². The average molecular weight is 308 g/mol. The molecule has 1 atom stereocenters. The molecular weight excluding hydrogens is 288 g/mol. The molecule has 0 spiro atoms. The number of hydrogen-bond donors (Lipinski definition) is 3. The van der Waals surface area contributed by atoms with Crippen LogP contribution in [0.25, 0.3) is 0 Å². The third-order valence-electron chi connectivity index (χ3n) is 4.41. The monoisotopic (exact) mass is 308 g/mol. The lowest BCUT2D eigenvalue weighted by Crippen LogP contribution is -2.46. The van der Waals surface area contributed by atoms with Gasteiger partial charge >= 0.3 is 0 Å². The van der Waals surface area contributed by atoms with Crippen LogP contribution in [0.1, 0.15) is 28.8 Å². The van der Waals surface area contributed by atoms with Crippen molar-refractivity contribution in [1.82, 2.24) is 10.4 Å². The van der Waals surface area contributed by atoms with Gasteiger partial charge in [0.05, 0.1) is 0 Å². The van der Waals surface area contributed by atoms with Crippen molar-refractivity contribution in [1.29, 1.82) is 0 Å². The highest BCUT2D eigenvalue weighted by Gasteiger charge is 2.52. The van der Waals surface area contributed by atoms with Gasteiger partial charge in [0.2, 0.25) is 0 Å². The number of aliphatic hydroxyl groups excluding tert-OH is 1. The molecule has 1 aliphatic heterocycles. The van der Waals surface area contributed by atoms with Crippen LogP contribution in [-0.2, 0) is 11.3 Å². The molecule has 0 bridgehead atoms. The number of nitrogens with zero attached hydrogens (tertiary/aromatic N) is 1. The molecule has 0 aromatic heterocycles. The lowest BCUT2D eigenvalue weighted by molar-refractivity contribution is -0.118. The van der Waals surface area contributed by atoms with E-state index in [1.165, 1.54) is 0 Å². The zero-order chi connectivity index (χ0) is 15.7. The van der Waals surface area contributed by atoms with E-state index in [9.17, 15) is 9.90 Å². The number of aliphatic hydroxyl groups is 1. The van der Waals surface area contributed by atoms with Crippen molar-refractivity contribution in [2.45, 2.75) is 31.2 Å². The summed E-state index contributed by atoms with van der Waals surface area (Å²) < 4.78 is 11.1. The molecule has 1 amide bonds. The minimum Gasteiger partial charge on any atom is -0.492 e. The van der Waals surface area contributed by atoms with Gasteiger partial charge in [-0.2, -0.15) is 0 Å². The van der Waals surface area contributed by atoms with Crippen LogP contribution in [-0.4, -0.2) is 53.2 Å². The summed E-state index contributed by atoms with van der Waals surface area (Å²) in [5.41, 5.74) is 2.36. The first-order valence-corrected chi connectivity index (χ1v) is 7.27. The maximum atomic E-state index is 11.5. The highest BCUT2D eigenvalue weighted by molar-refractivity contribution is 5.93. The van der Waals surface area contributed by atoms with E-state index in [1.807, 2.05) is 4.90 Å². The Morgan fingerprint density at radius 1 is 1.50 bits per heavy atom. The van der Waals surface area contributed by atoms with Crippen molar-refractivity contribution >= 4 is 5.91 Å². The van der Waals surface area contributed by atoms with Gasteiger partial charge in [0, 0.05) is 31.3 Å². The fourth-order valence-electron chi connectivity index (χ4n) is 2.83. The second kappa shape index (κ2) is 5.85. The minimum absolute atomic E-state index is 0.325. The fraction of sp³-hybridized carbons (Fsp3) is 0.533. The van der Waals surface area contributed by atoms with Crippen molar-refractivity contribution in [3.8, 4) is 5.75 Å². The van der Waals surface area contributed by atoms with Crippen molar-refractivity contribution < 1.29 is 24.6 Å². The number of carbonyl (C=O) groups excluding carboxylic acids is 1. The average Bonchev–Trinajstić information content (AvgIpc) is 3.36. The molecule has 1 saturated carbocycles. The summed E-state index contributed by atoms with van der Waals surface area (Å²) in [5, 5.41) is 19.2. The van der Waals surface area contributed by atoms with Crippen LogP contribution in [0.5, 0.6) is 5.75 Å². The Bertz CT molecular complexity index is 573. The molecule has 0 radical (unpaired) electrons. The molecule has 1 aromatic carbocycles. The first-order chi connectivity index (χ1) is 10.6. The summed E-state index contributed by atoms with van der Waals surface area (Å²) in [6, 6.07) is 4.99. The zero-order valence-corrected chi connectivity index (χ0v) is 12.4. The topological polar surface area (TPSA) is 91.3 Å². The molecule has 1 unspecified atom stereocenters. The molecule has 1 aromatic rings. The van der Waals surface area contributed by atoms with Crippen LogP contribution in [0, 0.1) is 0 Å². The van der Waals surface area contributed by atoms with Crippen LogP contribution in [0.2, 0.25) is 0 Å². The first kappa shape index (κ1) is 15.2. The number of methoxy groups -OCH3 is 1. The molecule has 3 N–H and O–H groups in total. The number of fused-ring (bicyclic) bond motifs is 1. The minimum atomic E-state index is -0.674. The normalized spacial score (nSPS) is 21.2. The quantitative estimate of drug-likeness (QED) is 0.554. The predicted octanol–water partition coefficient (Wildman–Crippen LogP) is 0.497. The van der Waals surface area contributed by atoms with E-state index >= 15 is 0 Å². The van der Waals surface area contributed by atoms with E-state index < -0.39 is 17.7 Å².